The zero-order valence-electron chi connectivity index (χ0n) is 16.3. The molecule has 3 heterocycles. The van der Waals surface area contributed by atoms with E-state index < -0.39 is 0 Å². The van der Waals surface area contributed by atoms with Gasteiger partial charge in [0.25, 0.3) is 0 Å². The first-order valence-electron chi connectivity index (χ1n) is 10.6. The molecule has 1 aromatic heterocycles. The highest BCUT2D eigenvalue weighted by Gasteiger charge is 2.42. The van der Waals surface area contributed by atoms with Gasteiger partial charge in [0.2, 0.25) is 5.91 Å². The van der Waals surface area contributed by atoms with Gasteiger partial charge in [-0.05, 0) is 57.6 Å². The van der Waals surface area contributed by atoms with Crippen molar-refractivity contribution >= 4 is 5.91 Å². The monoisotopic (exact) mass is 358 g/mol. The molecule has 1 aromatic rings. The van der Waals surface area contributed by atoms with Crippen LogP contribution in [0.1, 0.15) is 57.1 Å². The van der Waals surface area contributed by atoms with Gasteiger partial charge < -0.3 is 9.80 Å². The number of carbonyl (C=O) groups is 1. The molecule has 0 unspecified atom stereocenters. The Balaban J connectivity index is 1.31. The molecule has 0 N–H and O–H groups in total. The Morgan fingerprint density at radius 1 is 1.15 bits per heavy atom. The molecule has 1 aliphatic carbocycles. The number of piperidine rings is 1. The fourth-order valence-corrected chi connectivity index (χ4v) is 5.47. The van der Waals surface area contributed by atoms with Crippen LogP contribution in [0.2, 0.25) is 0 Å². The normalized spacial score (nSPS) is 28.1. The van der Waals surface area contributed by atoms with E-state index in [1.54, 1.807) is 4.68 Å². The summed E-state index contributed by atoms with van der Waals surface area (Å²) in [5, 5.41) is 4.36. The lowest BCUT2D eigenvalue weighted by atomic mass is 9.78. The molecule has 1 spiro atoms. The van der Waals surface area contributed by atoms with Crippen molar-refractivity contribution in [3.05, 3.63) is 18.0 Å². The summed E-state index contributed by atoms with van der Waals surface area (Å²) in [4.78, 5) is 17.5. The van der Waals surface area contributed by atoms with Crippen molar-refractivity contribution in [1.29, 1.82) is 0 Å². The average molecular weight is 359 g/mol. The second kappa shape index (κ2) is 7.71. The lowest BCUT2D eigenvalue weighted by molar-refractivity contribution is -0.131. The van der Waals surface area contributed by atoms with Gasteiger partial charge in [0.05, 0.1) is 5.69 Å². The molecule has 2 aliphatic heterocycles. The maximum absolute atomic E-state index is 12.7. The summed E-state index contributed by atoms with van der Waals surface area (Å²) >= 11 is 0. The van der Waals surface area contributed by atoms with E-state index in [0.29, 0.717) is 12.0 Å². The van der Waals surface area contributed by atoms with Crippen molar-refractivity contribution in [2.24, 2.45) is 11.3 Å². The summed E-state index contributed by atoms with van der Waals surface area (Å²) in [6.45, 7) is 7.99. The van der Waals surface area contributed by atoms with Gasteiger partial charge in [0.15, 0.2) is 0 Å². The number of carbonyl (C=O) groups excluding carboxylic acids is 1. The second-order valence-corrected chi connectivity index (χ2v) is 9.06. The lowest BCUT2D eigenvalue weighted by Gasteiger charge is -2.42. The topological polar surface area (TPSA) is 41.4 Å². The van der Waals surface area contributed by atoms with Crippen LogP contribution in [-0.2, 0) is 11.3 Å². The Hall–Kier alpha value is -1.36. The van der Waals surface area contributed by atoms with E-state index in [9.17, 15) is 4.79 Å². The third-order valence-electron chi connectivity index (χ3n) is 6.84. The average Bonchev–Trinajstić information content (AvgIpc) is 3.22. The molecule has 3 aliphatic rings. The first-order chi connectivity index (χ1) is 12.6. The van der Waals surface area contributed by atoms with Crippen LogP contribution in [0.3, 0.4) is 0 Å². The quantitative estimate of drug-likeness (QED) is 0.830. The van der Waals surface area contributed by atoms with Crippen LogP contribution < -0.4 is 0 Å². The van der Waals surface area contributed by atoms with Gasteiger partial charge in [0, 0.05) is 37.8 Å². The lowest BCUT2D eigenvalue weighted by Crippen LogP contribution is -2.47. The van der Waals surface area contributed by atoms with Crippen molar-refractivity contribution in [2.45, 2.75) is 64.8 Å². The summed E-state index contributed by atoms with van der Waals surface area (Å²) in [6.07, 6.45) is 12.8. The Morgan fingerprint density at radius 2 is 2.00 bits per heavy atom. The third-order valence-corrected chi connectivity index (χ3v) is 6.84. The molecule has 1 saturated carbocycles. The van der Waals surface area contributed by atoms with E-state index >= 15 is 0 Å². The molecule has 2 saturated heterocycles. The molecule has 1 atom stereocenters. The number of aryl methyl sites for hydroxylation is 1. The van der Waals surface area contributed by atoms with E-state index in [1.807, 2.05) is 19.2 Å². The number of aromatic nitrogens is 2. The fourth-order valence-electron chi connectivity index (χ4n) is 5.47. The predicted molar refractivity (Wildman–Crippen MR) is 103 cm³/mol. The molecule has 4 rings (SSSR count). The SMILES string of the molecule is Cc1ccn(CC(=O)N2CC[C@@]3(CCCN(CC4CCCCC4)C3)C2)n1. The van der Waals surface area contributed by atoms with Crippen LogP contribution in [0, 0.1) is 18.3 Å². The summed E-state index contributed by atoms with van der Waals surface area (Å²) in [7, 11) is 0. The molecule has 5 nitrogen and oxygen atoms in total. The van der Waals surface area contributed by atoms with E-state index in [0.717, 1.165) is 24.7 Å². The Bertz CT molecular complexity index is 621. The highest BCUT2D eigenvalue weighted by molar-refractivity contribution is 5.76. The minimum absolute atomic E-state index is 0.231. The minimum atomic E-state index is 0.231. The van der Waals surface area contributed by atoms with Gasteiger partial charge in [-0.2, -0.15) is 5.10 Å². The molecule has 144 valence electrons. The van der Waals surface area contributed by atoms with E-state index in [2.05, 4.69) is 14.9 Å². The Morgan fingerprint density at radius 3 is 2.77 bits per heavy atom. The number of hydrogen-bond acceptors (Lipinski definition) is 3. The standard InChI is InChI=1S/C21H34N4O/c1-18-8-12-25(22-18)15-20(26)24-13-10-21(17-24)9-5-11-23(16-21)14-19-6-3-2-4-7-19/h8,12,19H,2-7,9-11,13-17H2,1H3/t21-/m1/s1. The molecule has 0 aromatic carbocycles. The second-order valence-electron chi connectivity index (χ2n) is 9.06. The highest BCUT2D eigenvalue weighted by Crippen LogP contribution is 2.39. The molecule has 26 heavy (non-hydrogen) atoms. The maximum Gasteiger partial charge on any atom is 0.244 e. The summed E-state index contributed by atoms with van der Waals surface area (Å²) in [5.74, 6) is 1.15. The van der Waals surface area contributed by atoms with Gasteiger partial charge >= 0.3 is 0 Å². The van der Waals surface area contributed by atoms with Gasteiger partial charge in [0.1, 0.15) is 6.54 Å². The van der Waals surface area contributed by atoms with Crippen LogP contribution in [-0.4, -0.2) is 58.2 Å². The fraction of sp³-hybridized carbons (Fsp3) is 0.810. The van der Waals surface area contributed by atoms with Crippen LogP contribution in [0.5, 0.6) is 0 Å². The molecular formula is C21H34N4O. The number of rotatable bonds is 4. The van der Waals surface area contributed by atoms with Crippen molar-refractivity contribution in [1.82, 2.24) is 19.6 Å². The van der Waals surface area contributed by atoms with Crippen molar-refractivity contribution in [3.8, 4) is 0 Å². The van der Waals surface area contributed by atoms with Crippen molar-refractivity contribution in [2.75, 3.05) is 32.7 Å². The van der Waals surface area contributed by atoms with Crippen molar-refractivity contribution in [3.63, 3.8) is 0 Å². The van der Waals surface area contributed by atoms with Crippen LogP contribution in [0.25, 0.3) is 0 Å². The summed E-state index contributed by atoms with van der Waals surface area (Å²) in [6, 6.07) is 1.96. The number of likely N-dealkylation sites (tertiary alicyclic amines) is 2. The van der Waals surface area contributed by atoms with Gasteiger partial charge in [-0.15, -0.1) is 0 Å². The zero-order chi connectivity index (χ0) is 18.0. The van der Waals surface area contributed by atoms with E-state index in [4.69, 9.17) is 0 Å². The Labute approximate surface area is 157 Å². The Kier molecular flexibility index (Phi) is 5.35. The summed E-state index contributed by atoms with van der Waals surface area (Å²) < 4.78 is 1.78. The van der Waals surface area contributed by atoms with Crippen molar-refractivity contribution < 1.29 is 4.79 Å². The molecule has 3 fully saturated rings. The van der Waals surface area contributed by atoms with E-state index in [1.165, 1.54) is 71.0 Å². The highest BCUT2D eigenvalue weighted by atomic mass is 16.2. The van der Waals surface area contributed by atoms with Gasteiger partial charge in [-0.1, -0.05) is 19.3 Å². The first-order valence-corrected chi connectivity index (χ1v) is 10.6. The molecule has 5 heteroatoms. The molecule has 0 bridgehead atoms. The molecular weight excluding hydrogens is 324 g/mol. The minimum Gasteiger partial charge on any atom is -0.340 e. The summed E-state index contributed by atoms with van der Waals surface area (Å²) in [5.41, 5.74) is 1.32. The number of hydrogen-bond donors (Lipinski definition) is 0. The maximum atomic E-state index is 12.7. The first kappa shape index (κ1) is 18.0. The predicted octanol–water partition coefficient (Wildman–Crippen LogP) is 3.09. The molecule has 1 amide bonds. The van der Waals surface area contributed by atoms with Gasteiger partial charge in [-0.3, -0.25) is 9.48 Å². The zero-order valence-corrected chi connectivity index (χ0v) is 16.3. The van der Waals surface area contributed by atoms with Crippen LogP contribution in [0.15, 0.2) is 12.3 Å². The largest absolute Gasteiger partial charge is 0.340 e. The third kappa shape index (κ3) is 4.13. The van der Waals surface area contributed by atoms with Crippen LogP contribution >= 0.6 is 0 Å². The number of amides is 1. The van der Waals surface area contributed by atoms with Gasteiger partial charge in [-0.25, -0.2) is 0 Å². The van der Waals surface area contributed by atoms with E-state index in [-0.39, 0.29) is 5.91 Å². The smallest absolute Gasteiger partial charge is 0.244 e. The number of nitrogens with zero attached hydrogens (tertiary/aromatic N) is 4. The molecule has 0 radical (unpaired) electrons. The van der Waals surface area contributed by atoms with Crippen LogP contribution in [0.4, 0.5) is 0 Å².